The lowest BCUT2D eigenvalue weighted by Gasteiger charge is -2.20. The van der Waals surface area contributed by atoms with Crippen molar-refractivity contribution in [2.75, 3.05) is 13.1 Å². The number of aromatic nitrogens is 1. The van der Waals surface area contributed by atoms with Crippen molar-refractivity contribution < 1.29 is 22.7 Å². The van der Waals surface area contributed by atoms with Crippen molar-refractivity contribution in [3.05, 3.63) is 89.4 Å². The number of carbonyl (C=O) groups is 1. The number of ether oxygens (including phenoxy) is 1. The van der Waals surface area contributed by atoms with Crippen molar-refractivity contribution in [3.63, 3.8) is 0 Å². The maximum Gasteiger partial charge on any atom is 0.415 e. The summed E-state index contributed by atoms with van der Waals surface area (Å²) < 4.78 is 50.0. The highest BCUT2D eigenvalue weighted by molar-refractivity contribution is 5.99. The summed E-state index contributed by atoms with van der Waals surface area (Å²) in [4.78, 5) is 14.2. The number of nitrogens with zero attached hydrogens (tertiary/aromatic N) is 2. The zero-order valence-corrected chi connectivity index (χ0v) is 19.2. The molecular weight excluding hydrogens is 441 g/mol. The van der Waals surface area contributed by atoms with Crippen LogP contribution in [-0.2, 0) is 6.54 Å². The normalized spacial score (nSPS) is 11.1. The Kier molecular flexibility index (Phi) is 6.63. The molecule has 0 spiro atoms. The number of halogens is 3. The third kappa shape index (κ3) is 4.38. The number of hydrogen-bond acceptors (Lipinski definition) is 2. The minimum Gasteiger partial charge on any atom is -0.410 e. The van der Waals surface area contributed by atoms with Crippen molar-refractivity contribution in [3.8, 4) is 16.9 Å². The number of amides is 1. The third-order valence-electron chi connectivity index (χ3n) is 5.95. The number of rotatable bonds is 6. The van der Waals surface area contributed by atoms with Crippen LogP contribution in [0.3, 0.4) is 0 Å². The van der Waals surface area contributed by atoms with Gasteiger partial charge in [0.1, 0.15) is 11.6 Å². The fraction of sp³-hybridized carbons (Fsp3) is 0.222. The Balaban J connectivity index is 1.85. The number of carbonyl (C=O) groups excluding carboxylic acids is 1. The molecule has 0 saturated carbocycles. The van der Waals surface area contributed by atoms with Gasteiger partial charge in [0.2, 0.25) is 0 Å². The molecule has 0 radical (unpaired) electrons. The molecule has 176 valence electrons. The highest BCUT2D eigenvalue weighted by Crippen LogP contribution is 2.39. The van der Waals surface area contributed by atoms with Crippen LogP contribution in [0.4, 0.5) is 18.0 Å². The molecule has 0 aliphatic rings. The van der Waals surface area contributed by atoms with Crippen LogP contribution in [0.2, 0.25) is 0 Å². The van der Waals surface area contributed by atoms with Gasteiger partial charge in [0.25, 0.3) is 0 Å². The minimum absolute atomic E-state index is 0.231. The number of fused-ring (bicyclic) bond motifs is 1. The van der Waals surface area contributed by atoms with Crippen molar-refractivity contribution in [1.82, 2.24) is 9.47 Å². The van der Waals surface area contributed by atoms with Crippen LogP contribution in [0, 0.1) is 24.4 Å². The predicted octanol–water partition coefficient (Wildman–Crippen LogP) is 6.92. The summed E-state index contributed by atoms with van der Waals surface area (Å²) in [6.07, 6.45) is 1.26. The molecule has 1 aromatic heterocycles. The van der Waals surface area contributed by atoms with Gasteiger partial charge in [-0.3, -0.25) is 0 Å². The first-order valence-electron chi connectivity index (χ1n) is 11.1. The Bertz CT molecular complexity index is 1360. The molecule has 0 aliphatic carbocycles. The molecule has 34 heavy (non-hydrogen) atoms. The first-order chi connectivity index (χ1) is 16.3. The van der Waals surface area contributed by atoms with Gasteiger partial charge in [0.15, 0.2) is 11.6 Å². The second kappa shape index (κ2) is 9.63. The van der Waals surface area contributed by atoms with Crippen molar-refractivity contribution >= 4 is 17.0 Å². The van der Waals surface area contributed by atoms with E-state index < -0.39 is 17.7 Å². The average molecular weight is 467 g/mol. The maximum atomic E-state index is 14.6. The molecule has 1 heterocycles. The molecule has 4 rings (SSSR count). The second-order valence-corrected chi connectivity index (χ2v) is 8.03. The molecule has 3 aromatic carbocycles. The highest BCUT2D eigenvalue weighted by Gasteiger charge is 2.20. The Morgan fingerprint density at radius 1 is 0.971 bits per heavy atom. The van der Waals surface area contributed by atoms with E-state index in [-0.39, 0.29) is 18.1 Å². The van der Waals surface area contributed by atoms with Gasteiger partial charge in [-0.05, 0) is 62.2 Å². The smallest absolute Gasteiger partial charge is 0.410 e. The Morgan fingerprint density at radius 3 is 2.44 bits per heavy atom. The van der Waals surface area contributed by atoms with E-state index >= 15 is 0 Å². The molecule has 0 bridgehead atoms. The molecule has 0 N–H and O–H groups in total. The van der Waals surface area contributed by atoms with E-state index in [0.29, 0.717) is 40.7 Å². The zero-order valence-electron chi connectivity index (χ0n) is 19.2. The topological polar surface area (TPSA) is 34.5 Å². The summed E-state index contributed by atoms with van der Waals surface area (Å²) in [6.45, 7) is 6.62. The first kappa shape index (κ1) is 23.4. The summed E-state index contributed by atoms with van der Waals surface area (Å²) in [5, 5.41) is 0.670. The number of aryl methyl sites for hydroxylation is 1. The maximum absolute atomic E-state index is 14.6. The predicted molar refractivity (Wildman–Crippen MR) is 126 cm³/mol. The van der Waals surface area contributed by atoms with Gasteiger partial charge in [0.05, 0.1) is 6.54 Å². The van der Waals surface area contributed by atoms with E-state index in [2.05, 4.69) is 0 Å². The van der Waals surface area contributed by atoms with Crippen LogP contribution < -0.4 is 4.74 Å². The summed E-state index contributed by atoms with van der Waals surface area (Å²) in [5.74, 6) is -2.01. The van der Waals surface area contributed by atoms with Crippen LogP contribution in [0.25, 0.3) is 22.0 Å². The summed E-state index contributed by atoms with van der Waals surface area (Å²) in [6, 6.07) is 14.0. The molecule has 0 unspecified atom stereocenters. The molecule has 4 nitrogen and oxygen atoms in total. The van der Waals surface area contributed by atoms with Gasteiger partial charge < -0.3 is 14.2 Å². The standard InChI is InChI=1S/C27H25F3N2O2/c1-4-31(5-2)27(33)34-24-12-11-23-20(25(24)18-9-10-21(28)22(29)15-18)13-14-32(23)16-19-8-6-7-17(3)26(19)30/h6-15H,4-5,16H2,1-3H3. The van der Waals surface area contributed by atoms with Crippen LogP contribution in [0.1, 0.15) is 25.0 Å². The Hall–Kier alpha value is -3.74. The fourth-order valence-electron chi connectivity index (χ4n) is 4.08. The monoisotopic (exact) mass is 466 g/mol. The summed E-state index contributed by atoms with van der Waals surface area (Å²) in [5.41, 5.74) is 2.65. The third-order valence-corrected chi connectivity index (χ3v) is 5.95. The second-order valence-electron chi connectivity index (χ2n) is 8.03. The quantitative estimate of drug-likeness (QED) is 0.309. The Morgan fingerprint density at radius 2 is 1.74 bits per heavy atom. The van der Waals surface area contributed by atoms with Crippen LogP contribution in [-0.4, -0.2) is 28.6 Å². The average Bonchev–Trinajstić information content (AvgIpc) is 3.22. The van der Waals surface area contributed by atoms with E-state index in [1.54, 1.807) is 49.5 Å². The lowest BCUT2D eigenvalue weighted by molar-refractivity contribution is 0.157. The van der Waals surface area contributed by atoms with Gasteiger partial charge in [0, 0.05) is 41.3 Å². The molecule has 0 fully saturated rings. The van der Waals surface area contributed by atoms with E-state index in [0.717, 1.165) is 17.6 Å². The molecule has 0 aliphatic heterocycles. The largest absolute Gasteiger partial charge is 0.415 e. The van der Waals surface area contributed by atoms with Crippen molar-refractivity contribution in [2.45, 2.75) is 27.3 Å². The van der Waals surface area contributed by atoms with Crippen LogP contribution in [0.15, 0.2) is 60.8 Å². The molecule has 7 heteroatoms. The SMILES string of the molecule is CCN(CC)C(=O)Oc1ccc2c(ccn2Cc2cccc(C)c2F)c1-c1ccc(F)c(F)c1. The molecular formula is C27H25F3N2O2. The fourth-order valence-corrected chi connectivity index (χ4v) is 4.08. The Labute approximate surface area is 196 Å². The van der Waals surface area contributed by atoms with Crippen LogP contribution in [0.5, 0.6) is 5.75 Å². The van der Waals surface area contributed by atoms with Gasteiger partial charge in [-0.1, -0.05) is 24.3 Å². The molecule has 4 aromatic rings. The number of benzene rings is 3. The molecule has 1 amide bonds. The minimum atomic E-state index is -1.00. The summed E-state index contributed by atoms with van der Waals surface area (Å²) in [7, 11) is 0. The summed E-state index contributed by atoms with van der Waals surface area (Å²) >= 11 is 0. The zero-order chi connectivity index (χ0) is 24.4. The van der Waals surface area contributed by atoms with Crippen molar-refractivity contribution in [2.24, 2.45) is 0 Å². The highest BCUT2D eigenvalue weighted by atomic mass is 19.2. The van der Waals surface area contributed by atoms with E-state index in [9.17, 15) is 18.0 Å². The van der Waals surface area contributed by atoms with E-state index in [1.165, 1.54) is 11.0 Å². The van der Waals surface area contributed by atoms with Crippen molar-refractivity contribution in [1.29, 1.82) is 0 Å². The lowest BCUT2D eigenvalue weighted by Crippen LogP contribution is -2.33. The van der Waals surface area contributed by atoms with E-state index in [4.69, 9.17) is 4.74 Å². The number of hydrogen-bond donors (Lipinski definition) is 0. The van der Waals surface area contributed by atoms with Gasteiger partial charge in [-0.2, -0.15) is 0 Å². The van der Waals surface area contributed by atoms with Gasteiger partial charge in [-0.15, -0.1) is 0 Å². The van der Waals surface area contributed by atoms with E-state index in [1.807, 2.05) is 18.4 Å². The lowest BCUT2D eigenvalue weighted by atomic mass is 10.00. The first-order valence-corrected chi connectivity index (χ1v) is 11.1. The molecule has 0 saturated heterocycles. The van der Waals surface area contributed by atoms with Crippen LogP contribution >= 0.6 is 0 Å². The van der Waals surface area contributed by atoms with Gasteiger partial charge >= 0.3 is 6.09 Å². The molecule has 0 atom stereocenters. The van der Waals surface area contributed by atoms with Gasteiger partial charge in [-0.25, -0.2) is 18.0 Å².